The molecule has 1 heterocycles. The molecule has 1 saturated heterocycles. The molecule has 7 rings (SSSR count). The predicted molar refractivity (Wildman–Crippen MR) is 168 cm³/mol. The first-order chi connectivity index (χ1) is 22.1. The van der Waals surface area contributed by atoms with Crippen LogP contribution >= 0.6 is 0 Å². The largest absolute Gasteiger partial charge is 0.457 e. The van der Waals surface area contributed by atoms with E-state index in [0.29, 0.717) is 37.7 Å². The number of hydrogen-bond donors (Lipinski definition) is 2. The standard InChI is InChI=1S/C37H50FNO8/c1-33(2)46-30-18-27-26-13-12-23-17-25(40)14-15-34(23,3)36(26,38)28(41)19-35(27,4)37(30,47-33)29(42)20-45-32(44)22-9-7-8-21(16-22)31(43)39-24-10-5-6-11-24/h14-15,17,21-22,24,26-28,30,41H,5-13,16,18-20H2,1-4H3,(H,39,43)/t21?,22?,26-,27-,28?,30+,34-,35-,36-,37+/m0/s1. The van der Waals surface area contributed by atoms with Gasteiger partial charge in [-0.05, 0) is 96.6 Å². The van der Waals surface area contributed by atoms with Crippen molar-refractivity contribution in [2.45, 2.75) is 140 Å². The highest BCUT2D eigenvalue weighted by Crippen LogP contribution is 2.72. The lowest BCUT2D eigenvalue weighted by Crippen LogP contribution is -2.70. The summed E-state index contributed by atoms with van der Waals surface area (Å²) < 4.78 is 36.3. The molecule has 5 saturated carbocycles. The molecule has 1 aliphatic heterocycles. The molecule has 0 aromatic rings. The number of aliphatic hydroxyl groups is 1. The van der Waals surface area contributed by atoms with Gasteiger partial charge in [0.1, 0.15) is 0 Å². The van der Waals surface area contributed by atoms with E-state index in [1.165, 1.54) is 12.2 Å². The van der Waals surface area contributed by atoms with E-state index in [9.17, 15) is 24.3 Å². The van der Waals surface area contributed by atoms with Gasteiger partial charge in [0, 0.05) is 28.7 Å². The molecule has 0 aromatic carbocycles. The van der Waals surface area contributed by atoms with E-state index in [0.717, 1.165) is 38.5 Å². The topological polar surface area (TPSA) is 128 Å². The van der Waals surface area contributed by atoms with Crippen LogP contribution < -0.4 is 5.32 Å². The summed E-state index contributed by atoms with van der Waals surface area (Å²) in [7, 11) is 0. The molecule has 10 atom stereocenters. The van der Waals surface area contributed by atoms with Crippen LogP contribution in [-0.4, -0.2) is 70.5 Å². The Kier molecular flexibility index (Phi) is 7.96. The molecule has 3 unspecified atom stereocenters. The number of aliphatic hydroxyl groups excluding tert-OH is 1. The Hall–Kier alpha value is -2.43. The average molecular weight is 656 g/mol. The van der Waals surface area contributed by atoms with E-state index in [2.05, 4.69) is 5.32 Å². The van der Waals surface area contributed by atoms with Crippen LogP contribution in [0, 0.1) is 34.5 Å². The molecule has 6 fully saturated rings. The number of amides is 1. The third kappa shape index (κ3) is 4.85. The number of carbonyl (C=O) groups is 4. The number of nitrogens with one attached hydrogen (secondary N) is 1. The highest BCUT2D eigenvalue weighted by atomic mass is 19.1. The Bertz CT molecular complexity index is 1420. The summed E-state index contributed by atoms with van der Waals surface area (Å²) in [5, 5.41) is 15.0. The van der Waals surface area contributed by atoms with Gasteiger partial charge in [-0.3, -0.25) is 19.2 Å². The van der Waals surface area contributed by atoms with Gasteiger partial charge >= 0.3 is 5.97 Å². The molecule has 10 heteroatoms. The van der Waals surface area contributed by atoms with Gasteiger partial charge in [0.25, 0.3) is 0 Å². The number of rotatable bonds is 6. The van der Waals surface area contributed by atoms with Gasteiger partial charge < -0.3 is 24.6 Å². The number of fused-ring (bicyclic) bond motifs is 7. The van der Waals surface area contributed by atoms with Crippen LogP contribution in [0.2, 0.25) is 0 Å². The van der Waals surface area contributed by atoms with Crippen molar-refractivity contribution in [3.8, 4) is 0 Å². The van der Waals surface area contributed by atoms with Crippen LogP contribution in [0.1, 0.15) is 105 Å². The second-order valence-corrected chi connectivity index (χ2v) is 16.4. The Labute approximate surface area is 276 Å². The summed E-state index contributed by atoms with van der Waals surface area (Å²) in [4.78, 5) is 53.0. The maximum Gasteiger partial charge on any atom is 0.309 e. The fraction of sp³-hybridized carbons (Fsp3) is 0.784. The Morgan fingerprint density at radius 1 is 1.00 bits per heavy atom. The Morgan fingerprint density at radius 3 is 2.47 bits per heavy atom. The SMILES string of the molecule is CC1(C)O[C@@H]2C[C@H]3[C@@H]4CCC5=CC(=O)C=C[C@]5(C)[C@@]4(F)C(O)C[C@]3(C)[C@]2(C(=O)COC(=O)C2CCCC(C(=O)NC3CCCC3)C2)O1. The number of carbonyl (C=O) groups excluding carboxylic acids is 4. The van der Waals surface area contributed by atoms with Crippen LogP contribution in [0.4, 0.5) is 4.39 Å². The number of esters is 1. The number of ether oxygens (including phenoxy) is 3. The third-order valence-corrected chi connectivity index (χ3v) is 13.5. The summed E-state index contributed by atoms with van der Waals surface area (Å²) in [6, 6.07) is 0.216. The van der Waals surface area contributed by atoms with Crippen LogP contribution in [0.15, 0.2) is 23.8 Å². The van der Waals surface area contributed by atoms with Gasteiger partial charge in [0.15, 0.2) is 29.4 Å². The predicted octanol–water partition coefficient (Wildman–Crippen LogP) is 4.83. The molecule has 9 nitrogen and oxygen atoms in total. The molecule has 0 bridgehead atoms. The van der Waals surface area contributed by atoms with E-state index in [1.54, 1.807) is 26.8 Å². The first-order valence-electron chi connectivity index (χ1n) is 17.8. The van der Waals surface area contributed by atoms with Gasteiger partial charge in [0.05, 0.1) is 18.1 Å². The summed E-state index contributed by atoms with van der Waals surface area (Å²) in [6.45, 7) is 6.62. The average Bonchev–Trinajstić information content (AvgIpc) is 3.69. The van der Waals surface area contributed by atoms with Gasteiger partial charge in [-0.2, -0.15) is 0 Å². The monoisotopic (exact) mass is 655 g/mol. The summed E-state index contributed by atoms with van der Waals surface area (Å²) in [5.74, 6) is -3.92. The van der Waals surface area contributed by atoms with E-state index >= 15 is 4.39 Å². The minimum Gasteiger partial charge on any atom is -0.457 e. The van der Waals surface area contributed by atoms with Gasteiger partial charge in [0.2, 0.25) is 11.7 Å². The van der Waals surface area contributed by atoms with Crippen LogP contribution in [0.25, 0.3) is 0 Å². The van der Waals surface area contributed by atoms with Gasteiger partial charge in [-0.25, -0.2) is 4.39 Å². The lowest BCUT2D eigenvalue weighted by Gasteiger charge is -2.62. The van der Waals surface area contributed by atoms with E-state index in [4.69, 9.17) is 14.2 Å². The summed E-state index contributed by atoms with van der Waals surface area (Å²) in [6.07, 6.45) is 10.3. The second kappa shape index (κ2) is 11.3. The van der Waals surface area contributed by atoms with Crippen LogP contribution in [0.3, 0.4) is 0 Å². The first kappa shape index (κ1) is 33.1. The van der Waals surface area contributed by atoms with Crippen LogP contribution in [0.5, 0.6) is 0 Å². The zero-order valence-electron chi connectivity index (χ0n) is 28.1. The third-order valence-electron chi connectivity index (χ3n) is 13.5. The molecule has 0 aromatic heterocycles. The smallest absolute Gasteiger partial charge is 0.309 e. The number of Topliss-reactive ketones (excluding diaryl/α,β-unsaturated/α-hetero) is 1. The number of allylic oxidation sites excluding steroid dienone is 4. The Balaban J connectivity index is 1.10. The molecule has 47 heavy (non-hydrogen) atoms. The zero-order chi connectivity index (χ0) is 33.6. The molecule has 6 aliphatic carbocycles. The molecule has 0 spiro atoms. The van der Waals surface area contributed by atoms with Crippen LogP contribution in [-0.2, 0) is 33.4 Å². The molecular formula is C37H50FNO8. The van der Waals surface area contributed by atoms with Crippen molar-refractivity contribution in [1.82, 2.24) is 5.32 Å². The van der Waals surface area contributed by atoms with Crippen molar-refractivity contribution in [3.05, 3.63) is 23.8 Å². The fourth-order valence-electron chi connectivity index (χ4n) is 11.2. The Morgan fingerprint density at radius 2 is 1.72 bits per heavy atom. The van der Waals surface area contributed by atoms with Crippen molar-refractivity contribution in [2.24, 2.45) is 34.5 Å². The molecule has 1 amide bonds. The fourth-order valence-corrected chi connectivity index (χ4v) is 11.2. The number of ketones is 2. The quantitative estimate of drug-likeness (QED) is 0.390. The number of alkyl halides is 1. The number of hydrogen-bond acceptors (Lipinski definition) is 8. The van der Waals surface area contributed by atoms with Gasteiger partial charge in [-0.1, -0.05) is 37.8 Å². The lowest BCUT2D eigenvalue weighted by molar-refractivity contribution is -0.246. The molecular weight excluding hydrogens is 605 g/mol. The first-order valence-corrected chi connectivity index (χ1v) is 17.8. The zero-order valence-corrected chi connectivity index (χ0v) is 28.1. The molecule has 7 aliphatic rings. The summed E-state index contributed by atoms with van der Waals surface area (Å²) in [5.41, 5.74) is -5.06. The second-order valence-electron chi connectivity index (χ2n) is 16.4. The maximum absolute atomic E-state index is 17.7. The summed E-state index contributed by atoms with van der Waals surface area (Å²) >= 11 is 0. The minimum atomic E-state index is -2.05. The van der Waals surface area contributed by atoms with E-state index in [1.807, 2.05) is 6.92 Å². The molecule has 258 valence electrons. The molecule has 2 N–H and O–H groups in total. The van der Waals surface area contributed by atoms with Gasteiger partial charge in [-0.15, -0.1) is 0 Å². The van der Waals surface area contributed by atoms with E-state index in [-0.39, 0.29) is 36.0 Å². The van der Waals surface area contributed by atoms with Crippen molar-refractivity contribution < 1.29 is 42.9 Å². The molecule has 0 radical (unpaired) electrons. The highest BCUT2D eigenvalue weighted by molar-refractivity contribution is 6.01. The van der Waals surface area contributed by atoms with Crippen molar-refractivity contribution in [2.75, 3.05) is 6.61 Å². The normalized spacial score (nSPS) is 45.3. The number of halogens is 1. The van der Waals surface area contributed by atoms with Crippen molar-refractivity contribution >= 4 is 23.4 Å². The van der Waals surface area contributed by atoms with Crippen molar-refractivity contribution in [1.29, 1.82) is 0 Å². The maximum atomic E-state index is 17.7. The highest BCUT2D eigenvalue weighted by Gasteiger charge is 2.80. The van der Waals surface area contributed by atoms with Crippen molar-refractivity contribution in [3.63, 3.8) is 0 Å². The van der Waals surface area contributed by atoms with E-state index < -0.39 is 70.3 Å². The lowest BCUT2D eigenvalue weighted by atomic mass is 9.44. The minimum absolute atomic E-state index is 0.00478.